The van der Waals surface area contributed by atoms with Crippen LogP contribution in [0.2, 0.25) is 0 Å². The van der Waals surface area contributed by atoms with Crippen LogP contribution in [-0.2, 0) is 12.8 Å². The van der Waals surface area contributed by atoms with E-state index in [9.17, 15) is 0 Å². The van der Waals surface area contributed by atoms with Crippen LogP contribution >= 0.6 is 11.8 Å². The van der Waals surface area contributed by atoms with E-state index in [0.29, 0.717) is 0 Å². The van der Waals surface area contributed by atoms with Gasteiger partial charge in [0.15, 0.2) is 0 Å². The van der Waals surface area contributed by atoms with E-state index in [1.807, 2.05) is 11.8 Å². The minimum Gasteiger partial charge on any atom is -0.317 e. The van der Waals surface area contributed by atoms with Crippen molar-refractivity contribution in [3.05, 3.63) is 29.3 Å². The molecule has 0 unspecified atom stereocenters. The molecular weight excluding hydrogens is 202 g/mol. The molecule has 1 aromatic carbocycles. The Kier molecular flexibility index (Phi) is 2.29. The van der Waals surface area contributed by atoms with Crippen molar-refractivity contribution in [2.45, 2.75) is 48.3 Å². The normalized spacial score (nSPS) is 22.2. The lowest BCUT2D eigenvalue weighted by Crippen LogP contribution is -2.15. The van der Waals surface area contributed by atoms with Crippen LogP contribution < -0.4 is 5.73 Å². The molecule has 1 nitrogen and oxygen atoms in total. The molecule has 15 heavy (non-hydrogen) atoms. The quantitative estimate of drug-likeness (QED) is 0.773. The van der Waals surface area contributed by atoms with Gasteiger partial charge in [-0.2, -0.15) is 0 Å². The van der Waals surface area contributed by atoms with E-state index < -0.39 is 0 Å². The van der Waals surface area contributed by atoms with Gasteiger partial charge < -0.3 is 5.73 Å². The highest BCUT2D eigenvalue weighted by molar-refractivity contribution is 8.01. The molecule has 0 aromatic heterocycles. The summed E-state index contributed by atoms with van der Waals surface area (Å²) in [6, 6.07) is 6.93. The van der Waals surface area contributed by atoms with Crippen molar-refractivity contribution in [2.24, 2.45) is 5.73 Å². The summed E-state index contributed by atoms with van der Waals surface area (Å²) in [5.41, 5.74) is 9.25. The van der Waals surface area contributed by atoms with Gasteiger partial charge in [-0.15, -0.1) is 11.8 Å². The summed E-state index contributed by atoms with van der Waals surface area (Å²) in [5.74, 6) is 0. The van der Waals surface area contributed by atoms with Crippen LogP contribution in [-0.4, -0.2) is 4.87 Å². The highest BCUT2D eigenvalue weighted by atomic mass is 32.2. The Morgan fingerprint density at radius 1 is 1.07 bits per heavy atom. The molecule has 0 bridgehead atoms. The molecule has 3 rings (SSSR count). The molecular formula is C13H17NS. The molecule has 0 spiro atoms. The maximum absolute atomic E-state index is 6.12. The molecule has 80 valence electrons. The monoisotopic (exact) mass is 219 g/mol. The Balaban J connectivity index is 1.84. The van der Waals surface area contributed by atoms with Gasteiger partial charge in [-0.3, -0.25) is 0 Å². The first kappa shape index (κ1) is 9.73. The smallest absolute Gasteiger partial charge is 0.0668 e. The van der Waals surface area contributed by atoms with Gasteiger partial charge in [0, 0.05) is 4.90 Å². The summed E-state index contributed by atoms with van der Waals surface area (Å²) >= 11 is 1.86. The summed E-state index contributed by atoms with van der Waals surface area (Å²) in [6.07, 6.45) is 7.61. The number of thioether (sulfide) groups is 1. The van der Waals surface area contributed by atoms with Crippen LogP contribution in [0.1, 0.15) is 36.8 Å². The summed E-state index contributed by atoms with van der Waals surface area (Å²) in [6.45, 7) is 0. The van der Waals surface area contributed by atoms with Crippen molar-refractivity contribution in [2.75, 3.05) is 0 Å². The molecule has 1 aromatic rings. The predicted octanol–water partition coefficient (Wildman–Crippen LogP) is 3.11. The Labute approximate surface area is 95.4 Å². The number of benzene rings is 1. The standard InChI is InChI=1S/C13H17NS/c14-13(7-8-13)15-12-6-5-10-3-1-2-4-11(10)9-12/h5-6,9H,1-4,7-8,14H2. The first-order valence-corrected chi connectivity index (χ1v) is 6.67. The van der Waals surface area contributed by atoms with E-state index in [1.165, 1.54) is 43.4 Å². The molecule has 0 saturated heterocycles. The first-order valence-electron chi connectivity index (χ1n) is 5.85. The first-order chi connectivity index (χ1) is 7.25. The van der Waals surface area contributed by atoms with Gasteiger partial charge in [-0.1, -0.05) is 6.07 Å². The second-order valence-corrected chi connectivity index (χ2v) is 6.29. The third-order valence-corrected chi connectivity index (χ3v) is 4.69. The number of nitrogens with two attached hydrogens (primary N) is 1. The van der Waals surface area contributed by atoms with E-state index in [1.54, 1.807) is 11.1 Å². The number of hydrogen-bond acceptors (Lipinski definition) is 2. The summed E-state index contributed by atoms with van der Waals surface area (Å²) < 4.78 is 0. The minimum absolute atomic E-state index is 0.0723. The Morgan fingerprint density at radius 2 is 1.80 bits per heavy atom. The number of fused-ring (bicyclic) bond motifs is 1. The van der Waals surface area contributed by atoms with Crippen LogP contribution in [0, 0.1) is 0 Å². The molecule has 0 amide bonds. The van der Waals surface area contributed by atoms with Crippen molar-refractivity contribution in [3.63, 3.8) is 0 Å². The lowest BCUT2D eigenvalue weighted by atomic mass is 9.92. The number of aryl methyl sites for hydroxylation is 2. The summed E-state index contributed by atoms with van der Waals surface area (Å²) in [4.78, 5) is 1.44. The van der Waals surface area contributed by atoms with Gasteiger partial charge in [-0.05, 0) is 61.8 Å². The Hall–Kier alpha value is -0.470. The van der Waals surface area contributed by atoms with E-state index in [0.717, 1.165) is 0 Å². The molecule has 2 N–H and O–H groups in total. The zero-order chi connectivity index (χ0) is 10.3. The Morgan fingerprint density at radius 3 is 2.53 bits per heavy atom. The van der Waals surface area contributed by atoms with Gasteiger partial charge in [0.1, 0.15) is 0 Å². The average molecular weight is 219 g/mol. The van der Waals surface area contributed by atoms with Gasteiger partial charge >= 0.3 is 0 Å². The predicted molar refractivity (Wildman–Crippen MR) is 65.1 cm³/mol. The van der Waals surface area contributed by atoms with Crippen LogP contribution in [0.4, 0.5) is 0 Å². The molecule has 1 saturated carbocycles. The largest absolute Gasteiger partial charge is 0.317 e. The number of hydrogen-bond donors (Lipinski definition) is 1. The SMILES string of the molecule is NC1(Sc2ccc3c(c2)CCCC3)CC1. The van der Waals surface area contributed by atoms with Crippen LogP contribution in [0.15, 0.2) is 23.1 Å². The summed E-state index contributed by atoms with van der Waals surface area (Å²) in [5, 5.41) is 0. The number of rotatable bonds is 2. The van der Waals surface area contributed by atoms with Gasteiger partial charge in [0.05, 0.1) is 4.87 Å². The topological polar surface area (TPSA) is 26.0 Å². The van der Waals surface area contributed by atoms with Gasteiger partial charge in [0.25, 0.3) is 0 Å². The maximum atomic E-state index is 6.12. The highest BCUT2D eigenvalue weighted by Gasteiger charge is 2.39. The molecule has 0 aliphatic heterocycles. The Bertz CT molecular complexity index is 382. The van der Waals surface area contributed by atoms with Crippen LogP contribution in [0.5, 0.6) is 0 Å². The zero-order valence-electron chi connectivity index (χ0n) is 8.96. The highest BCUT2D eigenvalue weighted by Crippen LogP contribution is 2.47. The van der Waals surface area contributed by atoms with E-state index in [4.69, 9.17) is 5.73 Å². The van der Waals surface area contributed by atoms with Crippen molar-refractivity contribution in [3.8, 4) is 0 Å². The van der Waals surface area contributed by atoms with E-state index in [2.05, 4.69) is 18.2 Å². The minimum atomic E-state index is 0.0723. The average Bonchev–Trinajstić information content (AvgIpc) is 2.96. The zero-order valence-corrected chi connectivity index (χ0v) is 9.78. The molecule has 0 radical (unpaired) electrons. The molecule has 0 atom stereocenters. The van der Waals surface area contributed by atoms with E-state index >= 15 is 0 Å². The van der Waals surface area contributed by atoms with Crippen molar-refractivity contribution >= 4 is 11.8 Å². The van der Waals surface area contributed by atoms with Crippen molar-refractivity contribution < 1.29 is 0 Å². The van der Waals surface area contributed by atoms with Crippen molar-refractivity contribution in [1.29, 1.82) is 0 Å². The molecule has 2 aliphatic rings. The molecule has 2 aliphatic carbocycles. The van der Waals surface area contributed by atoms with Crippen molar-refractivity contribution in [1.82, 2.24) is 0 Å². The molecule has 1 fully saturated rings. The fourth-order valence-corrected chi connectivity index (χ4v) is 3.35. The lowest BCUT2D eigenvalue weighted by Gasteiger charge is -2.17. The maximum Gasteiger partial charge on any atom is 0.0668 e. The van der Waals surface area contributed by atoms with Crippen LogP contribution in [0.25, 0.3) is 0 Å². The molecule has 0 heterocycles. The van der Waals surface area contributed by atoms with Crippen LogP contribution in [0.3, 0.4) is 0 Å². The van der Waals surface area contributed by atoms with Gasteiger partial charge in [-0.25, -0.2) is 0 Å². The third kappa shape index (κ3) is 2.06. The fraction of sp³-hybridized carbons (Fsp3) is 0.538. The molecule has 2 heteroatoms. The lowest BCUT2D eigenvalue weighted by molar-refractivity contribution is 0.683. The third-order valence-electron chi connectivity index (χ3n) is 3.38. The van der Waals surface area contributed by atoms with E-state index in [-0.39, 0.29) is 4.87 Å². The summed E-state index contributed by atoms with van der Waals surface area (Å²) in [7, 11) is 0. The fourth-order valence-electron chi connectivity index (χ4n) is 2.23. The van der Waals surface area contributed by atoms with Gasteiger partial charge in [0.2, 0.25) is 0 Å². The second-order valence-electron chi connectivity index (χ2n) is 4.80. The second kappa shape index (κ2) is 3.53.